The van der Waals surface area contributed by atoms with Crippen LogP contribution in [0, 0.1) is 0 Å². The molecule has 1 aliphatic carbocycles. The summed E-state index contributed by atoms with van der Waals surface area (Å²) in [6.45, 7) is 6.89. The van der Waals surface area contributed by atoms with Crippen LogP contribution in [0.1, 0.15) is 45.4 Å². The molecule has 1 aliphatic heterocycles. The highest BCUT2D eigenvalue weighted by Gasteiger charge is 2.41. The van der Waals surface area contributed by atoms with Gasteiger partial charge in [-0.2, -0.15) is 0 Å². The summed E-state index contributed by atoms with van der Waals surface area (Å²) >= 11 is 0. The van der Waals surface area contributed by atoms with Gasteiger partial charge >= 0.3 is 0 Å². The molecule has 2 unspecified atom stereocenters. The Bertz CT molecular complexity index is 221. The highest BCUT2D eigenvalue weighted by Crippen LogP contribution is 2.43. The van der Waals surface area contributed by atoms with E-state index in [1.807, 2.05) is 6.08 Å². The topological polar surface area (TPSA) is 21.3 Å². The molecule has 0 bridgehead atoms. The molecule has 0 aromatic rings. The third-order valence-corrected chi connectivity index (χ3v) is 3.87. The zero-order valence-corrected chi connectivity index (χ0v) is 9.80. The Balaban J connectivity index is 1.75. The highest BCUT2D eigenvalue weighted by atomic mass is 16.5. The molecule has 2 fully saturated rings. The van der Waals surface area contributed by atoms with Crippen LogP contribution in [0.3, 0.4) is 0 Å². The molecule has 1 spiro atoms. The lowest BCUT2D eigenvalue weighted by molar-refractivity contribution is -0.0354. The maximum atomic E-state index is 6.21. The maximum absolute atomic E-state index is 6.21. The van der Waals surface area contributed by atoms with Crippen molar-refractivity contribution in [3.8, 4) is 0 Å². The summed E-state index contributed by atoms with van der Waals surface area (Å²) in [7, 11) is 0. The molecule has 0 radical (unpaired) electrons. The Kier molecular flexibility index (Phi) is 3.47. The van der Waals surface area contributed by atoms with Gasteiger partial charge in [0.2, 0.25) is 0 Å². The highest BCUT2D eigenvalue weighted by molar-refractivity contribution is 4.94. The van der Waals surface area contributed by atoms with E-state index < -0.39 is 0 Å². The van der Waals surface area contributed by atoms with Crippen LogP contribution in [0.15, 0.2) is 12.7 Å². The molecule has 0 aromatic heterocycles. The van der Waals surface area contributed by atoms with Crippen molar-refractivity contribution < 1.29 is 4.74 Å². The van der Waals surface area contributed by atoms with Crippen LogP contribution in [0.2, 0.25) is 0 Å². The van der Waals surface area contributed by atoms with Crippen LogP contribution in [0.5, 0.6) is 0 Å². The van der Waals surface area contributed by atoms with Crippen molar-refractivity contribution in [3.05, 3.63) is 12.7 Å². The third-order valence-electron chi connectivity index (χ3n) is 3.87. The molecule has 1 saturated heterocycles. The number of hydrogen-bond acceptors (Lipinski definition) is 2. The van der Waals surface area contributed by atoms with Crippen molar-refractivity contribution >= 4 is 0 Å². The lowest BCUT2D eigenvalue weighted by Crippen LogP contribution is -2.34. The lowest BCUT2D eigenvalue weighted by atomic mass is 9.98. The summed E-state index contributed by atoms with van der Waals surface area (Å²) in [6.07, 6.45) is 10.2. The van der Waals surface area contributed by atoms with Gasteiger partial charge in [-0.25, -0.2) is 0 Å². The van der Waals surface area contributed by atoms with E-state index in [1.54, 1.807) is 0 Å². The molecule has 1 heterocycles. The number of hydrogen-bond donors (Lipinski definition) is 1. The molecular weight excluding hydrogens is 186 g/mol. The Hall–Kier alpha value is -0.340. The molecule has 2 rings (SSSR count). The van der Waals surface area contributed by atoms with E-state index in [2.05, 4.69) is 18.8 Å². The zero-order chi connectivity index (χ0) is 10.7. The maximum Gasteiger partial charge on any atom is 0.0708 e. The average molecular weight is 209 g/mol. The molecule has 1 N–H and O–H groups in total. The van der Waals surface area contributed by atoms with E-state index in [-0.39, 0.29) is 5.60 Å². The fourth-order valence-corrected chi connectivity index (χ4v) is 2.83. The van der Waals surface area contributed by atoms with Gasteiger partial charge in [0.25, 0.3) is 0 Å². The molecule has 86 valence electrons. The quantitative estimate of drug-likeness (QED) is 0.719. The van der Waals surface area contributed by atoms with Crippen molar-refractivity contribution in [1.82, 2.24) is 5.32 Å². The normalized spacial score (nSPS) is 30.9. The summed E-state index contributed by atoms with van der Waals surface area (Å²) in [6, 6.07) is 0.397. The fourth-order valence-electron chi connectivity index (χ4n) is 2.83. The van der Waals surface area contributed by atoms with E-state index in [1.165, 1.54) is 38.5 Å². The van der Waals surface area contributed by atoms with E-state index in [0.717, 1.165) is 6.54 Å². The first-order valence-electron chi connectivity index (χ1n) is 6.28. The lowest BCUT2D eigenvalue weighted by Gasteiger charge is -2.24. The second kappa shape index (κ2) is 4.67. The minimum Gasteiger partial charge on any atom is -0.370 e. The first-order chi connectivity index (χ1) is 7.24. The summed E-state index contributed by atoms with van der Waals surface area (Å²) in [4.78, 5) is 0. The summed E-state index contributed by atoms with van der Waals surface area (Å²) < 4.78 is 6.21. The van der Waals surface area contributed by atoms with Crippen LogP contribution in [-0.2, 0) is 4.74 Å². The predicted molar refractivity (Wildman–Crippen MR) is 63.0 cm³/mol. The van der Waals surface area contributed by atoms with E-state index >= 15 is 0 Å². The molecule has 0 aromatic carbocycles. The van der Waals surface area contributed by atoms with Crippen molar-refractivity contribution in [2.75, 3.05) is 6.54 Å². The Labute approximate surface area is 93.1 Å². The van der Waals surface area contributed by atoms with Gasteiger partial charge in [-0.3, -0.25) is 0 Å². The van der Waals surface area contributed by atoms with Gasteiger partial charge in [0.05, 0.1) is 11.7 Å². The number of rotatable bonds is 4. The minimum absolute atomic E-state index is 0.282. The second-order valence-corrected chi connectivity index (χ2v) is 5.10. The van der Waals surface area contributed by atoms with Gasteiger partial charge in [-0.1, -0.05) is 18.9 Å². The first kappa shape index (κ1) is 11.2. The van der Waals surface area contributed by atoms with Crippen molar-refractivity contribution in [2.24, 2.45) is 0 Å². The molecule has 2 heteroatoms. The summed E-state index contributed by atoms with van der Waals surface area (Å²) in [5.41, 5.74) is 0.282. The summed E-state index contributed by atoms with van der Waals surface area (Å²) in [5.74, 6) is 0. The Morgan fingerprint density at radius 3 is 2.87 bits per heavy atom. The van der Waals surface area contributed by atoms with Gasteiger partial charge in [-0.15, -0.1) is 6.58 Å². The molecular formula is C13H23NO. The third kappa shape index (κ3) is 2.61. The molecule has 15 heavy (non-hydrogen) atoms. The predicted octanol–water partition coefficient (Wildman–Crippen LogP) is 2.64. The Morgan fingerprint density at radius 1 is 1.47 bits per heavy atom. The first-order valence-corrected chi connectivity index (χ1v) is 6.28. The van der Waals surface area contributed by atoms with Gasteiger partial charge in [0, 0.05) is 12.6 Å². The largest absolute Gasteiger partial charge is 0.370 e. The molecule has 0 amide bonds. The molecule has 2 atom stereocenters. The van der Waals surface area contributed by atoms with Crippen LogP contribution in [0.25, 0.3) is 0 Å². The van der Waals surface area contributed by atoms with Gasteiger partial charge in [0.15, 0.2) is 0 Å². The number of ether oxygens (including phenoxy) is 1. The van der Waals surface area contributed by atoms with Crippen LogP contribution >= 0.6 is 0 Å². The fraction of sp³-hybridized carbons (Fsp3) is 0.846. The molecule has 2 aliphatic rings. The van der Waals surface area contributed by atoms with Gasteiger partial charge < -0.3 is 10.1 Å². The van der Waals surface area contributed by atoms with Crippen molar-refractivity contribution in [2.45, 2.75) is 63.2 Å². The zero-order valence-electron chi connectivity index (χ0n) is 9.80. The smallest absolute Gasteiger partial charge is 0.0708 e. The van der Waals surface area contributed by atoms with Gasteiger partial charge in [0.1, 0.15) is 0 Å². The average Bonchev–Trinajstić information content (AvgIpc) is 2.86. The molecule has 2 nitrogen and oxygen atoms in total. The van der Waals surface area contributed by atoms with Crippen molar-refractivity contribution in [3.63, 3.8) is 0 Å². The van der Waals surface area contributed by atoms with Crippen LogP contribution < -0.4 is 5.32 Å². The SMILES string of the molecule is C=CC(C)NCC1CCC2(CCCC2)O1. The standard InChI is InChI=1S/C13H23NO/c1-3-11(2)14-10-12-6-9-13(15-12)7-4-5-8-13/h3,11-12,14H,1,4-10H2,2H3. The van der Waals surface area contributed by atoms with Crippen LogP contribution in [-0.4, -0.2) is 24.3 Å². The van der Waals surface area contributed by atoms with Gasteiger partial charge in [-0.05, 0) is 32.6 Å². The molecule has 1 saturated carbocycles. The monoisotopic (exact) mass is 209 g/mol. The van der Waals surface area contributed by atoms with Crippen LogP contribution in [0.4, 0.5) is 0 Å². The van der Waals surface area contributed by atoms with E-state index in [9.17, 15) is 0 Å². The number of nitrogens with one attached hydrogen (secondary N) is 1. The minimum atomic E-state index is 0.282. The summed E-state index contributed by atoms with van der Waals surface area (Å²) in [5, 5.41) is 3.44. The Morgan fingerprint density at radius 2 is 2.20 bits per heavy atom. The van der Waals surface area contributed by atoms with E-state index in [0.29, 0.717) is 12.1 Å². The van der Waals surface area contributed by atoms with Crippen molar-refractivity contribution in [1.29, 1.82) is 0 Å². The van der Waals surface area contributed by atoms with E-state index in [4.69, 9.17) is 4.74 Å². The second-order valence-electron chi connectivity index (χ2n) is 5.10.